The molecule has 2 aromatic rings. The standard InChI is InChI=1S/C13H17N3S/c1-10(7-14)4-5-13-16-12(9-17-13)11-3-2-6-15-8-11/h2-3,6,8-10H,4-5,7,14H2,1H3. The van der Waals surface area contributed by atoms with Crippen molar-refractivity contribution in [2.75, 3.05) is 6.54 Å². The largest absolute Gasteiger partial charge is 0.330 e. The van der Waals surface area contributed by atoms with E-state index in [1.54, 1.807) is 17.5 Å². The summed E-state index contributed by atoms with van der Waals surface area (Å²) in [4.78, 5) is 8.73. The highest BCUT2D eigenvalue weighted by Gasteiger charge is 2.06. The molecule has 0 fully saturated rings. The van der Waals surface area contributed by atoms with Crippen molar-refractivity contribution in [2.45, 2.75) is 19.8 Å². The van der Waals surface area contributed by atoms with Crippen LogP contribution in [0.2, 0.25) is 0 Å². The zero-order valence-electron chi connectivity index (χ0n) is 9.97. The van der Waals surface area contributed by atoms with Crippen molar-refractivity contribution in [2.24, 2.45) is 11.7 Å². The number of thiazole rings is 1. The van der Waals surface area contributed by atoms with E-state index in [0.717, 1.165) is 30.6 Å². The van der Waals surface area contributed by atoms with Gasteiger partial charge < -0.3 is 5.73 Å². The first-order chi connectivity index (χ1) is 8.29. The average Bonchev–Trinajstić information content (AvgIpc) is 2.86. The Hall–Kier alpha value is -1.26. The third kappa shape index (κ3) is 3.35. The number of aromatic nitrogens is 2. The van der Waals surface area contributed by atoms with E-state index >= 15 is 0 Å². The van der Waals surface area contributed by atoms with Crippen molar-refractivity contribution in [3.8, 4) is 11.3 Å². The molecule has 4 heteroatoms. The third-order valence-electron chi connectivity index (χ3n) is 2.76. The molecule has 17 heavy (non-hydrogen) atoms. The summed E-state index contributed by atoms with van der Waals surface area (Å²) in [6, 6.07) is 3.97. The molecule has 0 saturated heterocycles. The number of nitrogens with zero attached hydrogens (tertiary/aromatic N) is 2. The number of aryl methyl sites for hydroxylation is 1. The molecule has 2 N–H and O–H groups in total. The van der Waals surface area contributed by atoms with E-state index in [1.165, 1.54) is 5.01 Å². The molecule has 0 aliphatic rings. The van der Waals surface area contributed by atoms with Crippen LogP contribution >= 0.6 is 11.3 Å². The van der Waals surface area contributed by atoms with Gasteiger partial charge in [-0.05, 0) is 37.4 Å². The molecule has 0 spiro atoms. The topological polar surface area (TPSA) is 51.8 Å². The molecule has 0 aromatic carbocycles. The summed E-state index contributed by atoms with van der Waals surface area (Å²) < 4.78 is 0. The Labute approximate surface area is 106 Å². The minimum atomic E-state index is 0.570. The van der Waals surface area contributed by atoms with Crippen LogP contribution in [0.1, 0.15) is 18.4 Å². The summed E-state index contributed by atoms with van der Waals surface area (Å²) >= 11 is 1.72. The van der Waals surface area contributed by atoms with Gasteiger partial charge in [0.1, 0.15) is 0 Å². The first kappa shape index (κ1) is 12.2. The molecular formula is C13H17N3S. The summed E-state index contributed by atoms with van der Waals surface area (Å²) in [5.74, 6) is 0.570. The summed E-state index contributed by atoms with van der Waals surface area (Å²) in [7, 11) is 0. The number of pyridine rings is 1. The van der Waals surface area contributed by atoms with Crippen LogP contribution in [0.15, 0.2) is 29.9 Å². The minimum absolute atomic E-state index is 0.570. The van der Waals surface area contributed by atoms with Crippen LogP contribution in [0.25, 0.3) is 11.3 Å². The zero-order chi connectivity index (χ0) is 12.1. The molecule has 3 nitrogen and oxygen atoms in total. The molecule has 0 radical (unpaired) electrons. The van der Waals surface area contributed by atoms with Crippen LogP contribution in [0.4, 0.5) is 0 Å². The van der Waals surface area contributed by atoms with Gasteiger partial charge in [-0.3, -0.25) is 4.98 Å². The van der Waals surface area contributed by atoms with E-state index in [4.69, 9.17) is 5.73 Å². The molecule has 0 aliphatic carbocycles. The maximum Gasteiger partial charge on any atom is 0.0932 e. The van der Waals surface area contributed by atoms with Gasteiger partial charge in [0.05, 0.1) is 10.7 Å². The lowest BCUT2D eigenvalue weighted by atomic mass is 10.1. The van der Waals surface area contributed by atoms with E-state index in [0.29, 0.717) is 5.92 Å². The van der Waals surface area contributed by atoms with E-state index in [-0.39, 0.29) is 0 Å². The summed E-state index contributed by atoms with van der Waals surface area (Å²) in [5.41, 5.74) is 7.72. The van der Waals surface area contributed by atoms with Crippen LogP contribution in [0.5, 0.6) is 0 Å². The van der Waals surface area contributed by atoms with Crippen molar-refractivity contribution in [3.63, 3.8) is 0 Å². The van der Waals surface area contributed by atoms with Gasteiger partial charge in [0, 0.05) is 23.3 Å². The zero-order valence-corrected chi connectivity index (χ0v) is 10.8. The predicted octanol–water partition coefficient (Wildman–Crippen LogP) is 2.73. The van der Waals surface area contributed by atoms with Crippen molar-refractivity contribution in [1.82, 2.24) is 9.97 Å². The van der Waals surface area contributed by atoms with Gasteiger partial charge in [0.25, 0.3) is 0 Å². The van der Waals surface area contributed by atoms with Gasteiger partial charge in [-0.1, -0.05) is 6.92 Å². The molecule has 1 unspecified atom stereocenters. The predicted molar refractivity (Wildman–Crippen MR) is 71.9 cm³/mol. The summed E-state index contributed by atoms with van der Waals surface area (Å²) in [6.07, 6.45) is 5.75. The summed E-state index contributed by atoms with van der Waals surface area (Å²) in [5, 5.41) is 3.28. The van der Waals surface area contributed by atoms with Gasteiger partial charge in [-0.2, -0.15) is 0 Å². The Balaban J connectivity index is 2.01. The molecule has 0 amide bonds. The average molecular weight is 247 g/mol. The van der Waals surface area contributed by atoms with Gasteiger partial charge >= 0.3 is 0 Å². The van der Waals surface area contributed by atoms with Crippen molar-refractivity contribution < 1.29 is 0 Å². The molecule has 0 bridgehead atoms. The smallest absolute Gasteiger partial charge is 0.0932 e. The molecule has 2 aromatic heterocycles. The Morgan fingerprint density at radius 2 is 2.35 bits per heavy atom. The van der Waals surface area contributed by atoms with Gasteiger partial charge in [0.15, 0.2) is 0 Å². The van der Waals surface area contributed by atoms with Crippen LogP contribution in [-0.4, -0.2) is 16.5 Å². The van der Waals surface area contributed by atoms with E-state index in [1.807, 2.05) is 18.3 Å². The molecule has 0 saturated carbocycles. The van der Waals surface area contributed by atoms with Crippen LogP contribution < -0.4 is 5.73 Å². The first-order valence-electron chi connectivity index (χ1n) is 5.84. The Kier molecular flexibility index (Phi) is 4.23. The lowest BCUT2D eigenvalue weighted by Gasteiger charge is -2.05. The molecule has 2 heterocycles. The number of rotatable bonds is 5. The fourth-order valence-corrected chi connectivity index (χ4v) is 2.38. The van der Waals surface area contributed by atoms with Crippen molar-refractivity contribution >= 4 is 11.3 Å². The highest BCUT2D eigenvalue weighted by molar-refractivity contribution is 7.09. The van der Waals surface area contributed by atoms with Crippen LogP contribution in [0.3, 0.4) is 0 Å². The fourth-order valence-electron chi connectivity index (χ4n) is 1.56. The van der Waals surface area contributed by atoms with Crippen molar-refractivity contribution in [3.05, 3.63) is 34.9 Å². The second kappa shape index (κ2) is 5.89. The fraction of sp³-hybridized carbons (Fsp3) is 0.385. The van der Waals surface area contributed by atoms with Crippen LogP contribution in [-0.2, 0) is 6.42 Å². The third-order valence-corrected chi connectivity index (χ3v) is 3.67. The highest BCUT2D eigenvalue weighted by atomic mass is 32.1. The van der Waals surface area contributed by atoms with E-state index in [2.05, 4.69) is 22.3 Å². The second-order valence-electron chi connectivity index (χ2n) is 4.25. The number of nitrogens with two attached hydrogens (primary N) is 1. The second-order valence-corrected chi connectivity index (χ2v) is 5.19. The monoisotopic (exact) mass is 247 g/mol. The Bertz CT molecular complexity index is 453. The lowest BCUT2D eigenvalue weighted by Crippen LogP contribution is -2.11. The van der Waals surface area contributed by atoms with Gasteiger partial charge in [-0.15, -0.1) is 11.3 Å². The minimum Gasteiger partial charge on any atom is -0.330 e. The molecule has 90 valence electrons. The maximum atomic E-state index is 5.61. The normalized spacial score (nSPS) is 12.6. The molecule has 1 atom stereocenters. The SMILES string of the molecule is CC(CN)CCc1nc(-c2cccnc2)cs1. The molecule has 2 rings (SSSR count). The van der Waals surface area contributed by atoms with Crippen LogP contribution in [0, 0.1) is 5.92 Å². The molecular weight excluding hydrogens is 230 g/mol. The Morgan fingerprint density at radius 3 is 3.06 bits per heavy atom. The lowest BCUT2D eigenvalue weighted by molar-refractivity contribution is 0.544. The first-order valence-corrected chi connectivity index (χ1v) is 6.72. The van der Waals surface area contributed by atoms with E-state index in [9.17, 15) is 0 Å². The Morgan fingerprint density at radius 1 is 1.47 bits per heavy atom. The maximum absolute atomic E-state index is 5.61. The highest BCUT2D eigenvalue weighted by Crippen LogP contribution is 2.22. The quantitative estimate of drug-likeness (QED) is 0.884. The molecule has 0 aliphatic heterocycles. The van der Waals surface area contributed by atoms with Gasteiger partial charge in [0.2, 0.25) is 0 Å². The van der Waals surface area contributed by atoms with Crippen molar-refractivity contribution in [1.29, 1.82) is 0 Å². The number of hydrogen-bond acceptors (Lipinski definition) is 4. The summed E-state index contributed by atoms with van der Waals surface area (Å²) in [6.45, 7) is 2.93. The van der Waals surface area contributed by atoms with Gasteiger partial charge in [-0.25, -0.2) is 4.98 Å². The van der Waals surface area contributed by atoms with E-state index < -0.39 is 0 Å². The number of hydrogen-bond donors (Lipinski definition) is 1.